The zero-order valence-corrected chi connectivity index (χ0v) is 9.00. The molecule has 1 heterocycles. The van der Waals surface area contributed by atoms with Crippen LogP contribution in [-0.2, 0) is 0 Å². The zero-order chi connectivity index (χ0) is 11.9. The average molecular weight is 217 g/mol. The second kappa shape index (κ2) is 3.48. The van der Waals surface area contributed by atoms with Crippen molar-refractivity contribution in [1.82, 2.24) is 4.98 Å². The van der Waals surface area contributed by atoms with Gasteiger partial charge >= 0.3 is 0 Å². The number of fused-ring (bicyclic) bond motifs is 1. The lowest BCUT2D eigenvalue weighted by Gasteiger charge is -2.01. The molecule has 0 saturated heterocycles. The SMILES string of the molecule is Cc1cc(C)c2[nH]c(=O)c(=O)cc(O)c2c1. The molecule has 4 heteroatoms. The Morgan fingerprint density at radius 3 is 2.50 bits per heavy atom. The number of benzene rings is 1. The van der Waals surface area contributed by atoms with Gasteiger partial charge in [-0.15, -0.1) is 0 Å². The second-order valence-corrected chi connectivity index (χ2v) is 3.85. The summed E-state index contributed by atoms with van der Waals surface area (Å²) in [6, 6.07) is 4.55. The summed E-state index contributed by atoms with van der Waals surface area (Å²) in [7, 11) is 0. The quantitative estimate of drug-likeness (QED) is 0.651. The van der Waals surface area contributed by atoms with Crippen molar-refractivity contribution in [2.75, 3.05) is 0 Å². The van der Waals surface area contributed by atoms with Gasteiger partial charge in [0.15, 0.2) is 0 Å². The highest BCUT2D eigenvalue weighted by atomic mass is 16.3. The van der Waals surface area contributed by atoms with Crippen molar-refractivity contribution >= 4 is 10.9 Å². The molecular weight excluding hydrogens is 206 g/mol. The Kier molecular flexibility index (Phi) is 2.27. The van der Waals surface area contributed by atoms with E-state index in [4.69, 9.17) is 0 Å². The minimum Gasteiger partial charge on any atom is -0.507 e. The molecule has 4 nitrogen and oxygen atoms in total. The lowest BCUT2D eigenvalue weighted by Crippen LogP contribution is -2.22. The first-order valence-corrected chi connectivity index (χ1v) is 4.86. The van der Waals surface area contributed by atoms with Gasteiger partial charge in [-0.05, 0) is 31.0 Å². The minimum absolute atomic E-state index is 0.176. The molecular formula is C12H11NO3. The first kappa shape index (κ1) is 10.4. The molecule has 2 N–H and O–H groups in total. The Labute approximate surface area is 91.2 Å². The molecule has 2 aromatic rings. The number of aromatic amines is 1. The van der Waals surface area contributed by atoms with E-state index in [9.17, 15) is 14.7 Å². The van der Waals surface area contributed by atoms with E-state index in [2.05, 4.69) is 4.98 Å². The Hall–Kier alpha value is -2.10. The van der Waals surface area contributed by atoms with Crippen molar-refractivity contribution in [3.63, 3.8) is 0 Å². The summed E-state index contributed by atoms with van der Waals surface area (Å²) in [5.41, 5.74) is 0.802. The van der Waals surface area contributed by atoms with E-state index in [-0.39, 0.29) is 5.75 Å². The Bertz CT molecular complexity index is 686. The first-order valence-electron chi connectivity index (χ1n) is 4.86. The van der Waals surface area contributed by atoms with Crippen LogP contribution in [0.4, 0.5) is 0 Å². The summed E-state index contributed by atoms with van der Waals surface area (Å²) in [4.78, 5) is 25.1. The fourth-order valence-corrected chi connectivity index (χ4v) is 1.78. The van der Waals surface area contributed by atoms with Crippen LogP contribution in [0.25, 0.3) is 10.9 Å². The van der Waals surface area contributed by atoms with Crippen molar-refractivity contribution < 1.29 is 5.11 Å². The maximum atomic E-state index is 11.3. The van der Waals surface area contributed by atoms with Crippen LogP contribution in [0.1, 0.15) is 11.1 Å². The average Bonchev–Trinajstić information content (AvgIpc) is 2.29. The molecule has 0 aliphatic carbocycles. The largest absolute Gasteiger partial charge is 0.507 e. The van der Waals surface area contributed by atoms with Gasteiger partial charge < -0.3 is 10.1 Å². The first-order chi connectivity index (χ1) is 7.49. The summed E-state index contributed by atoms with van der Waals surface area (Å²) in [6.07, 6.45) is 0. The van der Waals surface area contributed by atoms with Gasteiger partial charge in [0.1, 0.15) is 5.75 Å². The van der Waals surface area contributed by atoms with Crippen LogP contribution in [0.3, 0.4) is 0 Å². The summed E-state index contributed by atoms with van der Waals surface area (Å²) in [6.45, 7) is 3.70. The van der Waals surface area contributed by atoms with Crippen LogP contribution in [0.5, 0.6) is 5.75 Å². The summed E-state index contributed by atoms with van der Waals surface area (Å²) in [5, 5.41) is 10.2. The van der Waals surface area contributed by atoms with E-state index < -0.39 is 11.0 Å². The number of aromatic hydroxyl groups is 1. The number of hydrogen-bond donors (Lipinski definition) is 2. The fourth-order valence-electron chi connectivity index (χ4n) is 1.78. The monoisotopic (exact) mass is 217 g/mol. The molecule has 2 rings (SSSR count). The van der Waals surface area contributed by atoms with Crippen LogP contribution in [0.2, 0.25) is 0 Å². The van der Waals surface area contributed by atoms with Crippen molar-refractivity contribution in [3.8, 4) is 5.75 Å². The van der Waals surface area contributed by atoms with E-state index in [0.29, 0.717) is 10.9 Å². The van der Waals surface area contributed by atoms with Crippen LogP contribution in [0, 0.1) is 13.8 Å². The molecule has 0 amide bonds. The molecule has 0 spiro atoms. The van der Waals surface area contributed by atoms with E-state index in [0.717, 1.165) is 17.2 Å². The molecule has 1 aromatic heterocycles. The number of H-pyrrole nitrogens is 1. The molecule has 0 bridgehead atoms. The molecule has 0 atom stereocenters. The van der Waals surface area contributed by atoms with Crippen molar-refractivity contribution in [3.05, 3.63) is 49.9 Å². The number of nitrogens with one attached hydrogen (secondary N) is 1. The highest BCUT2D eigenvalue weighted by Crippen LogP contribution is 2.23. The lowest BCUT2D eigenvalue weighted by molar-refractivity contribution is 0.481. The van der Waals surface area contributed by atoms with Gasteiger partial charge in [-0.2, -0.15) is 0 Å². The predicted octanol–water partition coefficient (Wildman–Crippen LogP) is 1.21. The van der Waals surface area contributed by atoms with Crippen molar-refractivity contribution in [2.24, 2.45) is 0 Å². The van der Waals surface area contributed by atoms with Gasteiger partial charge in [-0.3, -0.25) is 9.59 Å². The molecule has 0 fully saturated rings. The lowest BCUT2D eigenvalue weighted by atomic mass is 10.1. The van der Waals surface area contributed by atoms with Gasteiger partial charge in [-0.25, -0.2) is 0 Å². The van der Waals surface area contributed by atoms with E-state index in [1.165, 1.54) is 0 Å². The summed E-state index contributed by atoms with van der Waals surface area (Å²) < 4.78 is 0. The van der Waals surface area contributed by atoms with E-state index in [1.54, 1.807) is 6.07 Å². The third kappa shape index (κ3) is 1.58. The van der Waals surface area contributed by atoms with E-state index in [1.807, 2.05) is 19.9 Å². The number of aryl methyl sites for hydroxylation is 2. The maximum Gasteiger partial charge on any atom is 0.296 e. The zero-order valence-electron chi connectivity index (χ0n) is 9.00. The molecule has 0 radical (unpaired) electrons. The number of aromatic nitrogens is 1. The molecule has 1 aromatic carbocycles. The Balaban J connectivity index is 3.16. The fraction of sp³-hybridized carbons (Fsp3) is 0.167. The van der Waals surface area contributed by atoms with Gasteiger partial charge in [-0.1, -0.05) is 6.07 Å². The third-order valence-corrected chi connectivity index (χ3v) is 2.49. The highest BCUT2D eigenvalue weighted by molar-refractivity contribution is 5.87. The van der Waals surface area contributed by atoms with Crippen molar-refractivity contribution in [2.45, 2.75) is 13.8 Å². The number of hydrogen-bond acceptors (Lipinski definition) is 3. The molecule has 0 aliphatic heterocycles. The normalized spacial score (nSPS) is 10.6. The van der Waals surface area contributed by atoms with E-state index >= 15 is 0 Å². The maximum absolute atomic E-state index is 11.3. The molecule has 82 valence electrons. The summed E-state index contributed by atoms with van der Waals surface area (Å²) in [5.74, 6) is -0.176. The van der Waals surface area contributed by atoms with Crippen LogP contribution >= 0.6 is 0 Å². The Morgan fingerprint density at radius 1 is 1.12 bits per heavy atom. The van der Waals surface area contributed by atoms with Gasteiger partial charge in [0.2, 0.25) is 5.43 Å². The van der Waals surface area contributed by atoms with Crippen molar-refractivity contribution in [1.29, 1.82) is 0 Å². The molecule has 0 saturated carbocycles. The Morgan fingerprint density at radius 2 is 1.81 bits per heavy atom. The minimum atomic E-state index is -0.745. The van der Waals surface area contributed by atoms with Gasteiger partial charge in [0, 0.05) is 11.5 Å². The van der Waals surface area contributed by atoms with Crippen LogP contribution < -0.4 is 11.0 Å². The smallest absolute Gasteiger partial charge is 0.296 e. The van der Waals surface area contributed by atoms with Crippen LogP contribution in [-0.4, -0.2) is 10.1 Å². The standard InChI is InChI=1S/C12H11NO3/c1-6-3-7(2)11-8(4-6)9(14)5-10(15)12(16)13-11/h3-5,14H,1-2H3,(H,13,15,16). The molecule has 0 aliphatic rings. The second-order valence-electron chi connectivity index (χ2n) is 3.85. The van der Waals surface area contributed by atoms with Gasteiger partial charge in [0.25, 0.3) is 5.56 Å². The topological polar surface area (TPSA) is 70.2 Å². The molecule has 0 unspecified atom stereocenters. The molecule has 16 heavy (non-hydrogen) atoms. The van der Waals surface area contributed by atoms with Gasteiger partial charge in [0.05, 0.1) is 5.52 Å². The highest BCUT2D eigenvalue weighted by Gasteiger charge is 2.05. The number of rotatable bonds is 0. The summed E-state index contributed by atoms with van der Waals surface area (Å²) >= 11 is 0. The van der Waals surface area contributed by atoms with Crippen LogP contribution in [0.15, 0.2) is 27.8 Å². The predicted molar refractivity (Wildman–Crippen MR) is 62.0 cm³/mol. The third-order valence-electron chi connectivity index (χ3n) is 2.49.